The fourth-order valence-corrected chi connectivity index (χ4v) is 7.43. The number of nitrogens with one attached hydrogen (secondary N) is 1. The maximum Gasteiger partial charge on any atom is 0.323 e. The molecule has 230 valence electrons. The van der Waals surface area contributed by atoms with Gasteiger partial charge in [0, 0.05) is 11.2 Å². The van der Waals surface area contributed by atoms with Gasteiger partial charge in [0.05, 0.1) is 25.6 Å². The van der Waals surface area contributed by atoms with Crippen LogP contribution in [-0.2, 0) is 39.9 Å². The number of rotatable bonds is 12. The quantitative estimate of drug-likeness (QED) is 0.130. The summed E-state index contributed by atoms with van der Waals surface area (Å²) in [7, 11) is 0. The lowest BCUT2D eigenvalue weighted by molar-refractivity contribution is -0.149. The fraction of sp³-hybridized carbons (Fsp3) is 0.696. The van der Waals surface area contributed by atoms with Crippen molar-refractivity contribution in [2.45, 2.75) is 76.5 Å². The first kappa shape index (κ1) is 34.4. The first-order chi connectivity index (χ1) is 19.0. The molecular weight excluding hydrogens is 638 g/mol. The van der Waals surface area contributed by atoms with Gasteiger partial charge < -0.3 is 29.4 Å². The molecule has 4 N–H and O–H groups in total. The van der Waals surface area contributed by atoms with Gasteiger partial charge in [0.2, 0.25) is 0 Å². The molecular formula is C23H35Cl2N6O7PS2. The predicted octanol–water partition coefficient (Wildman–Crippen LogP) is 3.33. The summed E-state index contributed by atoms with van der Waals surface area (Å²) in [6.07, 6.45) is -1.33. The van der Waals surface area contributed by atoms with Crippen LogP contribution in [0, 0.1) is 5.41 Å². The Bertz CT molecular complexity index is 1290. The molecule has 0 spiro atoms. The minimum atomic E-state index is -3.40. The standard InChI is InChI=1S/C23H35Cl2N6O7PS2/c1-12(2)37-19(33)13(3)30-39(40,35-7-8-41-21(34)22(4,5)6)36-9-14-16(32)23(24,25)20(38-14)31-11-29-15-17(26)27-10-28-18(15)31/h10-14,16,20,32H,7-9H2,1-6H3,(H,30,40)(H2,26,27,28). The number of esters is 1. The molecule has 1 fully saturated rings. The van der Waals surface area contributed by atoms with E-state index >= 15 is 0 Å². The smallest absolute Gasteiger partial charge is 0.323 e. The highest BCUT2D eigenvalue weighted by Crippen LogP contribution is 2.50. The molecule has 3 heterocycles. The number of aromatic nitrogens is 4. The van der Waals surface area contributed by atoms with Gasteiger partial charge in [-0.3, -0.25) is 14.2 Å². The van der Waals surface area contributed by atoms with Crippen molar-refractivity contribution >= 4 is 81.5 Å². The molecule has 13 nitrogen and oxygen atoms in total. The number of hydrogen-bond acceptors (Lipinski definition) is 13. The zero-order chi connectivity index (χ0) is 30.8. The summed E-state index contributed by atoms with van der Waals surface area (Å²) < 4.78 is 22.7. The molecule has 0 saturated carbocycles. The van der Waals surface area contributed by atoms with Gasteiger partial charge in [-0.1, -0.05) is 55.7 Å². The third kappa shape index (κ3) is 8.49. The number of nitrogens with two attached hydrogens (primary N) is 1. The summed E-state index contributed by atoms with van der Waals surface area (Å²) in [6, 6.07) is -0.878. The summed E-state index contributed by atoms with van der Waals surface area (Å²) in [4.78, 5) is 37.0. The van der Waals surface area contributed by atoms with E-state index in [2.05, 4.69) is 20.0 Å². The topological polar surface area (TPSA) is 173 Å². The van der Waals surface area contributed by atoms with Gasteiger partial charge in [-0.2, -0.15) is 0 Å². The van der Waals surface area contributed by atoms with Crippen LogP contribution >= 0.6 is 41.6 Å². The molecule has 41 heavy (non-hydrogen) atoms. The normalized spacial score (nSPS) is 23.0. The van der Waals surface area contributed by atoms with Crippen LogP contribution in [0.3, 0.4) is 0 Å². The van der Waals surface area contributed by atoms with Crippen LogP contribution in [0.15, 0.2) is 12.7 Å². The number of halogens is 2. The molecule has 0 radical (unpaired) electrons. The van der Waals surface area contributed by atoms with Crippen molar-refractivity contribution in [1.82, 2.24) is 24.6 Å². The van der Waals surface area contributed by atoms with Crippen molar-refractivity contribution < 1.29 is 33.2 Å². The minimum absolute atomic E-state index is 0.00899. The molecule has 2 aromatic rings. The molecule has 0 aliphatic carbocycles. The molecule has 3 rings (SSSR count). The lowest BCUT2D eigenvalue weighted by Crippen LogP contribution is -2.39. The third-order valence-electron chi connectivity index (χ3n) is 5.68. The van der Waals surface area contributed by atoms with Crippen LogP contribution in [0.1, 0.15) is 47.8 Å². The van der Waals surface area contributed by atoms with E-state index in [0.29, 0.717) is 16.9 Å². The van der Waals surface area contributed by atoms with E-state index in [-0.39, 0.29) is 30.3 Å². The summed E-state index contributed by atoms with van der Waals surface area (Å²) in [6.45, 7) is 6.83. The lowest BCUT2D eigenvalue weighted by Gasteiger charge is -2.28. The van der Waals surface area contributed by atoms with Crippen molar-refractivity contribution in [3.63, 3.8) is 0 Å². The molecule has 2 aromatic heterocycles. The Hall–Kier alpha value is -1.13. The Morgan fingerprint density at radius 1 is 1.29 bits per heavy atom. The molecule has 18 heteroatoms. The zero-order valence-electron chi connectivity index (χ0n) is 23.4. The number of carbonyl (C=O) groups is 2. The Morgan fingerprint density at radius 2 is 1.98 bits per heavy atom. The number of hydrogen-bond donors (Lipinski definition) is 3. The Kier molecular flexibility index (Phi) is 11.5. The van der Waals surface area contributed by atoms with E-state index in [0.717, 1.165) is 11.8 Å². The largest absolute Gasteiger partial charge is 0.462 e. The number of anilines is 1. The summed E-state index contributed by atoms with van der Waals surface area (Å²) in [5.41, 5.74) is 5.97. The van der Waals surface area contributed by atoms with Crippen LogP contribution in [0.4, 0.5) is 5.82 Å². The van der Waals surface area contributed by atoms with Crippen molar-refractivity contribution in [2.75, 3.05) is 24.7 Å². The van der Waals surface area contributed by atoms with Crippen molar-refractivity contribution in [3.8, 4) is 0 Å². The lowest BCUT2D eigenvalue weighted by atomic mass is 10.00. The van der Waals surface area contributed by atoms with E-state index in [9.17, 15) is 14.7 Å². The van der Waals surface area contributed by atoms with Crippen LogP contribution in [0.25, 0.3) is 11.2 Å². The zero-order valence-corrected chi connectivity index (χ0v) is 27.5. The number of nitrogen functional groups attached to an aromatic ring is 1. The monoisotopic (exact) mass is 672 g/mol. The van der Waals surface area contributed by atoms with E-state index < -0.39 is 46.8 Å². The number of carbonyl (C=O) groups excluding carboxylic acids is 2. The predicted molar refractivity (Wildman–Crippen MR) is 161 cm³/mol. The first-order valence-corrected chi connectivity index (χ1v) is 17.0. The van der Waals surface area contributed by atoms with Gasteiger partial charge in [-0.05, 0) is 32.6 Å². The van der Waals surface area contributed by atoms with Crippen LogP contribution in [0.5, 0.6) is 0 Å². The molecule has 0 aromatic carbocycles. The number of ether oxygens (including phenoxy) is 2. The van der Waals surface area contributed by atoms with E-state index in [1.54, 1.807) is 20.8 Å². The van der Waals surface area contributed by atoms with Gasteiger partial charge in [-0.15, -0.1) is 0 Å². The highest BCUT2D eigenvalue weighted by atomic mass is 35.5. The first-order valence-electron chi connectivity index (χ1n) is 12.6. The van der Waals surface area contributed by atoms with Crippen molar-refractivity contribution in [2.24, 2.45) is 5.41 Å². The number of aliphatic hydroxyl groups excluding tert-OH is 1. The van der Waals surface area contributed by atoms with Crippen molar-refractivity contribution in [3.05, 3.63) is 12.7 Å². The second-order valence-electron chi connectivity index (χ2n) is 10.6. The van der Waals surface area contributed by atoms with Crippen LogP contribution < -0.4 is 10.8 Å². The van der Waals surface area contributed by atoms with Gasteiger partial charge in [0.15, 0.2) is 27.1 Å². The molecule has 1 aliphatic rings. The second-order valence-corrected chi connectivity index (χ2v) is 16.3. The number of nitrogens with zero attached hydrogens (tertiary/aromatic N) is 4. The summed E-state index contributed by atoms with van der Waals surface area (Å²) >= 11 is 19.9. The third-order valence-corrected chi connectivity index (χ3v) is 10.4. The average Bonchev–Trinajstić information content (AvgIpc) is 3.38. The molecule has 1 aliphatic heterocycles. The molecule has 0 bridgehead atoms. The Morgan fingerprint density at radius 3 is 2.61 bits per heavy atom. The number of alkyl halides is 2. The van der Waals surface area contributed by atoms with Crippen LogP contribution in [-0.4, -0.2) is 83.4 Å². The highest BCUT2D eigenvalue weighted by molar-refractivity contribution is 8.13. The number of aliphatic hydroxyl groups is 1. The SMILES string of the molecule is CC(C)OC(=O)C(C)NP(=S)(OCCSC(=O)C(C)(C)C)OCC1OC(n2cnc3c(N)ncnc32)C(Cl)(Cl)C1O. The van der Waals surface area contributed by atoms with Crippen molar-refractivity contribution in [1.29, 1.82) is 0 Å². The van der Waals surface area contributed by atoms with Gasteiger partial charge in [0.25, 0.3) is 6.64 Å². The number of imidazole rings is 1. The highest BCUT2D eigenvalue weighted by Gasteiger charge is 2.56. The van der Waals surface area contributed by atoms with Crippen LogP contribution in [0.2, 0.25) is 0 Å². The molecule has 5 unspecified atom stereocenters. The second kappa shape index (κ2) is 13.7. The van der Waals surface area contributed by atoms with Gasteiger partial charge in [0.1, 0.15) is 30.1 Å². The van der Waals surface area contributed by atoms with Gasteiger partial charge >= 0.3 is 5.97 Å². The number of thioether (sulfide) groups is 1. The maximum absolute atomic E-state index is 12.5. The van der Waals surface area contributed by atoms with Gasteiger partial charge in [-0.25, -0.2) is 20.0 Å². The molecule has 5 atom stereocenters. The van der Waals surface area contributed by atoms with E-state index in [1.807, 2.05) is 20.8 Å². The summed E-state index contributed by atoms with van der Waals surface area (Å²) in [5.74, 6) is -0.0943. The summed E-state index contributed by atoms with van der Waals surface area (Å²) in [5, 5.41) is 13.9. The average molecular weight is 674 g/mol. The Balaban J connectivity index is 1.74. The molecule has 1 saturated heterocycles. The molecule has 0 amide bonds. The number of fused-ring (bicyclic) bond motifs is 1. The minimum Gasteiger partial charge on any atom is -0.462 e. The van der Waals surface area contributed by atoms with E-state index in [1.165, 1.54) is 17.2 Å². The van der Waals surface area contributed by atoms with E-state index in [4.69, 9.17) is 59.3 Å². The fourth-order valence-electron chi connectivity index (χ4n) is 3.56. The maximum atomic E-state index is 12.5. The Labute approximate surface area is 257 Å².